The number of H-pyrrole nitrogens is 1. The molecule has 2 aliphatic rings. The molecule has 0 aliphatic carbocycles. The lowest BCUT2D eigenvalue weighted by molar-refractivity contribution is 0.0703. The van der Waals surface area contributed by atoms with Crippen LogP contribution in [0, 0.1) is 5.92 Å². The molecule has 140 valence electrons. The van der Waals surface area contributed by atoms with Crippen LogP contribution < -0.4 is 5.32 Å². The first kappa shape index (κ1) is 17.6. The normalized spacial score (nSPS) is 21.1. The van der Waals surface area contributed by atoms with Crippen molar-refractivity contribution in [2.45, 2.75) is 26.7 Å². The zero-order valence-corrected chi connectivity index (χ0v) is 16.0. The fraction of sp³-hybridized carbons (Fsp3) is 0.364. The van der Waals surface area contributed by atoms with Crippen LogP contribution in [-0.2, 0) is 0 Å². The van der Waals surface area contributed by atoms with E-state index in [1.165, 1.54) is 11.1 Å². The SMILES string of the molecule is C/C=C1/C(C2CCN(C(=O)c3ccc4cc[nH]c4c3)CC2)=CNC1=NCC. The van der Waals surface area contributed by atoms with Crippen LogP contribution in [0.1, 0.15) is 37.0 Å². The van der Waals surface area contributed by atoms with Gasteiger partial charge in [0, 0.05) is 48.7 Å². The van der Waals surface area contributed by atoms with Crippen LogP contribution >= 0.6 is 0 Å². The second kappa shape index (κ2) is 7.43. The van der Waals surface area contributed by atoms with E-state index >= 15 is 0 Å². The summed E-state index contributed by atoms with van der Waals surface area (Å²) in [5, 5.41) is 4.45. The number of piperidine rings is 1. The maximum atomic E-state index is 12.9. The number of amidine groups is 1. The first-order chi connectivity index (χ1) is 13.2. The lowest BCUT2D eigenvalue weighted by atomic mass is 9.86. The van der Waals surface area contributed by atoms with E-state index in [9.17, 15) is 4.79 Å². The highest BCUT2D eigenvalue weighted by Crippen LogP contribution is 2.32. The molecule has 0 spiro atoms. The van der Waals surface area contributed by atoms with Crippen LogP contribution in [0.5, 0.6) is 0 Å². The highest BCUT2D eigenvalue weighted by Gasteiger charge is 2.30. The molecular weight excluding hydrogens is 336 g/mol. The summed E-state index contributed by atoms with van der Waals surface area (Å²) in [5.74, 6) is 1.58. The van der Waals surface area contributed by atoms with E-state index in [1.54, 1.807) is 0 Å². The molecule has 2 aromatic rings. The monoisotopic (exact) mass is 362 g/mol. The number of aromatic amines is 1. The van der Waals surface area contributed by atoms with E-state index in [4.69, 9.17) is 0 Å². The first-order valence-corrected chi connectivity index (χ1v) is 9.75. The predicted octanol–water partition coefficient (Wildman–Crippen LogP) is 3.87. The number of allylic oxidation sites excluding steroid dienone is 1. The average molecular weight is 362 g/mol. The van der Waals surface area contributed by atoms with Gasteiger partial charge >= 0.3 is 0 Å². The molecule has 0 bridgehead atoms. The Labute approximate surface area is 159 Å². The molecule has 0 unspecified atom stereocenters. The van der Waals surface area contributed by atoms with E-state index in [0.29, 0.717) is 5.92 Å². The molecule has 27 heavy (non-hydrogen) atoms. The molecule has 1 aromatic carbocycles. The van der Waals surface area contributed by atoms with Crippen molar-refractivity contribution in [1.82, 2.24) is 15.2 Å². The molecule has 1 amide bonds. The van der Waals surface area contributed by atoms with E-state index in [0.717, 1.165) is 54.8 Å². The van der Waals surface area contributed by atoms with Gasteiger partial charge in [-0.1, -0.05) is 12.1 Å². The molecule has 3 heterocycles. The number of amides is 1. The van der Waals surface area contributed by atoms with Gasteiger partial charge in [-0.25, -0.2) is 0 Å². The van der Waals surface area contributed by atoms with E-state index in [2.05, 4.69) is 41.4 Å². The number of aromatic nitrogens is 1. The lowest BCUT2D eigenvalue weighted by Gasteiger charge is -2.33. The Morgan fingerprint density at radius 3 is 2.85 bits per heavy atom. The minimum atomic E-state index is 0.128. The van der Waals surface area contributed by atoms with E-state index < -0.39 is 0 Å². The Kier molecular flexibility index (Phi) is 4.84. The molecule has 0 radical (unpaired) electrons. The number of benzene rings is 1. The number of rotatable bonds is 3. The number of aliphatic imine (C=N–C) groups is 1. The van der Waals surface area contributed by atoms with Gasteiger partial charge in [0.1, 0.15) is 5.84 Å². The smallest absolute Gasteiger partial charge is 0.253 e. The van der Waals surface area contributed by atoms with Crippen molar-refractivity contribution in [2.75, 3.05) is 19.6 Å². The zero-order chi connectivity index (χ0) is 18.8. The molecular formula is C22H26N4O. The topological polar surface area (TPSA) is 60.5 Å². The quantitative estimate of drug-likeness (QED) is 0.871. The summed E-state index contributed by atoms with van der Waals surface area (Å²) in [5.41, 5.74) is 4.33. The molecule has 4 rings (SSSR count). The Morgan fingerprint density at radius 2 is 2.11 bits per heavy atom. The maximum absolute atomic E-state index is 12.9. The fourth-order valence-electron chi connectivity index (χ4n) is 4.13. The minimum Gasteiger partial charge on any atom is -0.361 e. The molecule has 0 atom stereocenters. The Balaban J connectivity index is 1.43. The van der Waals surface area contributed by atoms with Crippen molar-refractivity contribution < 1.29 is 4.79 Å². The molecule has 1 aromatic heterocycles. The van der Waals surface area contributed by atoms with Gasteiger partial charge in [-0.15, -0.1) is 0 Å². The molecule has 2 N–H and O–H groups in total. The van der Waals surface area contributed by atoms with Crippen LogP contribution in [0.2, 0.25) is 0 Å². The van der Waals surface area contributed by atoms with Gasteiger partial charge in [0.2, 0.25) is 0 Å². The van der Waals surface area contributed by atoms with Crippen molar-refractivity contribution in [3.63, 3.8) is 0 Å². The standard InChI is InChI=1S/C22H26N4O/c1-3-18-19(14-25-21(18)23-4-2)15-8-11-26(12-9-15)22(27)17-6-5-16-7-10-24-20(16)13-17/h3,5-7,10,13-15,24H,4,8-9,11-12H2,1-2H3,(H,23,25)/b18-3-. The summed E-state index contributed by atoms with van der Waals surface area (Å²) in [6.07, 6.45) is 8.12. The Morgan fingerprint density at radius 1 is 1.30 bits per heavy atom. The average Bonchev–Trinajstić information content (AvgIpc) is 3.33. The first-order valence-electron chi connectivity index (χ1n) is 9.75. The number of likely N-dealkylation sites (tertiary alicyclic amines) is 1. The van der Waals surface area contributed by atoms with Gasteiger partial charge < -0.3 is 15.2 Å². The maximum Gasteiger partial charge on any atom is 0.253 e. The number of nitrogens with one attached hydrogen (secondary N) is 2. The number of fused-ring (bicyclic) bond motifs is 1. The summed E-state index contributed by atoms with van der Waals surface area (Å²) < 4.78 is 0. The van der Waals surface area contributed by atoms with Crippen LogP contribution in [-0.4, -0.2) is 41.3 Å². The van der Waals surface area contributed by atoms with Crippen molar-refractivity contribution in [3.8, 4) is 0 Å². The van der Waals surface area contributed by atoms with Crippen molar-refractivity contribution >= 4 is 22.6 Å². The van der Waals surface area contributed by atoms with Gasteiger partial charge in [0.05, 0.1) is 0 Å². The van der Waals surface area contributed by atoms with Gasteiger partial charge in [-0.3, -0.25) is 9.79 Å². The van der Waals surface area contributed by atoms with Crippen molar-refractivity contribution in [2.24, 2.45) is 10.9 Å². The zero-order valence-electron chi connectivity index (χ0n) is 16.0. The molecule has 5 nitrogen and oxygen atoms in total. The summed E-state index contributed by atoms with van der Waals surface area (Å²) in [7, 11) is 0. The molecule has 0 saturated carbocycles. The Bertz CT molecular complexity index is 942. The Hall–Kier alpha value is -2.82. The highest BCUT2D eigenvalue weighted by atomic mass is 16.2. The van der Waals surface area contributed by atoms with Crippen LogP contribution in [0.15, 0.2) is 58.9 Å². The van der Waals surface area contributed by atoms with Crippen LogP contribution in [0.4, 0.5) is 0 Å². The summed E-state index contributed by atoms with van der Waals surface area (Å²) in [6, 6.07) is 7.92. The van der Waals surface area contributed by atoms with Gasteiger partial charge in [0.25, 0.3) is 5.91 Å². The fourth-order valence-corrected chi connectivity index (χ4v) is 4.13. The lowest BCUT2D eigenvalue weighted by Crippen LogP contribution is -2.39. The number of carbonyl (C=O) groups is 1. The molecule has 5 heteroatoms. The molecule has 1 fully saturated rings. The minimum absolute atomic E-state index is 0.128. The largest absolute Gasteiger partial charge is 0.361 e. The van der Waals surface area contributed by atoms with Crippen LogP contribution in [0.3, 0.4) is 0 Å². The summed E-state index contributed by atoms with van der Waals surface area (Å²) in [4.78, 5) is 22.6. The number of hydrogen-bond acceptors (Lipinski definition) is 2. The summed E-state index contributed by atoms with van der Waals surface area (Å²) >= 11 is 0. The van der Waals surface area contributed by atoms with E-state index in [-0.39, 0.29) is 5.91 Å². The van der Waals surface area contributed by atoms with E-state index in [1.807, 2.05) is 35.4 Å². The second-order valence-electron chi connectivity index (χ2n) is 7.12. The summed E-state index contributed by atoms with van der Waals surface area (Å²) in [6.45, 7) is 6.48. The van der Waals surface area contributed by atoms with Crippen molar-refractivity contribution in [1.29, 1.82) is 0 Å². The van der Waals surface area contributed by atoms with Crippen LogP contribution in [0.25, 0.3) is 10.9 Å². The second-order valence-corrected chi connectivity index (χ2v) is 7.12. The highest BCUT2D eigenvalue weighted by molar-refractivity contribution is 6.05. The van der Waals surface area contributed by atoms with Gasteiger partial charge in [-0.05, 0) is 61.8 Å². The number of nitrogens with zero attached hydrogens (tertiary/aromatic N) is 2. The third kappa shape index (κ3) is 3.29. The van der Waals surface area contributed by atoms with Crippen molar-refractivity contribution in [3.05, 3.63) is 59.4 Å². The molecule has 1 saturated heterocycles. The van der Waals surface area contributed by atoms with Gasteiger partial charge in [-0.2, -0.15) is 0 Å². The number of hydrogen-bond donors (Lipinski definition) is 2. The third-order valence-electron chi connectivity index (χ3n) is 5.56. The number of carbonyl (C=O) groups excluding carboxylic acids is 1. The predicted molar refractivity (Wildman–Crippen MR) is 110 cm³/mol. The third-order valence-corrected chi connectivity index (χ3v) is 5.56. The molecule has 2 aliphatic heterocycles. The van der Waals surface area contributed by atoms with Gasteiger partial charge in [0.15, 0.2) is 0 Å².